The van der Waals surface area contributed by atoms with Crippen LogP contribution in [0.5, 0.6) is 0 Å². The molecule has 7 heteroatoms. The molecule has 4 aromatic carbocycles. The van der Waals surface area contributed by atoms with E-state index >= 15 is 0 Å². The summed E-state index contributed by atoms with van der Waals surface area (Å²) in [6.07, 6.45) is 0. The lowest BCUT2D eigenvalue weighted by atomic mass is 10.0. The number of nitrogens with one attached hydrogen (secondary N) is 1. The van der Waals surface area contributed by atoms with Gasteiger partial charge in [0.05, 0.1) is 21.5 Å². The quantitative estimate of drug-likeness (QED) is 0.167. The molecule has 5 nitrogen and oxygen atoms in total. The molecule has 0 atom stereocenters. The van der Waals surface area contributed by atoms with Crippen molar-refractivity contribution in [2.75, 3.05) is 5.32 Å². The Balaban J connectivity index is 1.30. The molecule has 0 aliphatic rings. The Labute approximate surface area is 223 Å². The number of halogens is 1. The molecule has 0 aliphatic heterocycles. The average Bonchev–Trinajstić information content (AvgIpc) is 3.33. The highest BCUT2D eigenvalue weighted by Gasteiger charge is 2.15. The van der Waals surface area contributed by atoms with Gasteiger partial charge in [-0.15, -0.1) is 11.3 Å². The SMILES string of the molecule is O=C(Nc1ccc(I)cc1-c1nc2ccccc2s1)c1ccc(-c2cc3ccccc3oc2=O)cc1. The monoisotopic (exact) mass is 600 g/mol. The van der Waals surface area contributed by atoms with Crippen molar-refractivity contribution in [1.29, 1.82) is 0 Å². The predicted octanol–water partition coefficient (Wildman–Crippen LogP) is 7.59. The number of para-hydroxylation sites is 2. The molecule has 174 valence electrons. The van der Waals surface area contributed by atoms with E-state index in [0.717, 1.165) is 29.7 Å². The summed E-state index contributed by atoms with van der Waals surface area (Å²) in [5.41, 5.74) is 4.27. The molecule has 0 saturated heterocycles. The van der Waals surface area contributed by atoms with E-state index in [1.165, 1.54) is 0 Å². The highest BCUT2D eigenvalue weighted by Crippen LogP contribution is 2.35. The van der Waals surface area contributed by atoms with Crippen LogP contribution >= 0.6 is 33.9 Å². The highest BCUT2D eigenvalue weighted by atomic mass is 127. The van der Waals surface area contributed by atoms with E-state index < -0.39 is 5.63 Å². The van der Waals surface area contributed by atoms with Crippen molar-refractivity contribution in [2.24, 2.45) is 0 Å². The van der Waals surface area contributed by atoms with Gasteiger partial charge in [0, 0.05) is 20.1 Å². The number of hydrogen-bond donors (Lipinski definition) is 1. The number of fused-ring (bicyclic) bond motifs is 2. The van der Waals surface area contributed by atoms with Gasteiger partial charge in [-0.05, 0) is 82.8 Å². The molecular formula is C29H17IN2O3S. The fourth-order valence-corrected chi connectivity index (χ4v) is 5.54. The third-order valence-corrected chi connectivity index (χ3v) is 7.59. The second kappa shape index (κ2) is 9.33. The Kier molecular flexibility index (Phi) is 5.86. The summed E-state index contributed by atoms with van der Waals surface area (Å²) in [6.45, 7) is 0. The van der Waals surface area contributed by atoms with Crippen LogP contribution in [0.25, 0.3) is 42.9 Å². The van der Waals surface area contributed by atoms with Crippen molar-refractivity contribution in [1.82, 2.24) is 4.98 Å². The Morgan fingerprint density at radius 1 is 0.861 bits per heavy atom. The maximum Gasteiger partial charge on any atom is 0.344 e. The molecule has 2 aromatic heterocycles. The van der Waals surface area contributed by atoms with Gasteiger partial charge >= 0.3 is 5.63 Å². The molecule has 1 N–H and O–H groups in total. The summed E-state index contributed by atoms with van der Waals surface area (Å²) in [6, 6.07) is 30.0. The van der Waals surface area contributed by atoms with E-state index in [2.05, 4.69) is 27.9 Å². The van der Waals surface area contributed by atoms with Crippen molar-refractivity contribution in [3.63, 3.8) is 0 Å². The van der Waals surface area contributed by atoms with E-state index in [1.54, 1.807) is 41.7 Å². The van der Waals surface area contributed by atoms with Crippen LogP contribution in [0.15, 0.2) is 106 Å². The lowest BCUT2D eigenvalue weighted by Crippen LogP contribution is -2.12. The summed E-state index contributed by atoms with van der Waals surface area (Å²) in [5.74, 6) is -0.240. The number of carbonyl (C=O) groups excluding carboxylic acids is 1. The molecule has 36 heavy (non-hydrogen) atoms. The van der Waals surface area contributed by atoms with E-state index in [4.69, 9.17) is 9.40 Å². The topological polar surface area (TPSA) is 72.2 Å². The van der Waals surface area contributed by atoms with Crippen molar-refractivity contribution in [2.45, 2.75) is 0 Å². The lowest BCUT2D eigenvalue weighted by Gasteiger charge is -2.11. The number of anilines is 1. The lowest BCUT2D eigenvalue weighted by molar-refractivity contribution is 0.102. The van der Waals surface area contributed by atoms with Crippen LogP contribution in [0.2, 0.25) is 0 Å². The first-order valence-corrected chi connectivity index (χ1v) is 13.0. The Hall–Kier alpha value is -3.82. The standard InChI is InChI=1S/C29H17IN2O3S/c30-20-13-14-23(22(16-20)28-32-24-6-2-4-8-26(24)36-28)31-27(33)18-11-9-17(10-12-18)21-15-19-5-1-3-7-25(19)35-29(21)34/h1-16H,(H,31,33). The van der Waals surface area contributed by atoms with Gasteiger partial charge in [0.1, 0.15) is 10.6 Å². The molecular weight excluding hydrogens is 583 g/mol. The van der Waals surface area contributed by atoms with Crippen LogP contribution in [0.3, 0.4) is 0 Å². The van der Waals surface area contributed by atoms with Crippen LogP contribution in [-0.4, -0.2) is 10.9 Å². The zero-order chi connectivity index (χ0) is 24.6. The largest absolute Gasteiger partial charge is 0.422 e. The van der Waals surface area contributed by atoms with E-state index in [-0.39, 0.29) is 5.91 Å². The van der Waals surface area contributed by atoms with Gasteiger partial charge in [-0.25, -0.2) is 9.78 Å². The molecule has 0 aliphatic carbocycles. The number of nitrogens with zero attached hydrogens (tertiary/aromatic N) is 1. The summed E-state index contributed by atoms with van der Waals surface area (Å²) in [5, 5.41) is 4.73. The molecule has 0 spiro atoms. The van der Waals surface area contributed by atoms with Gasteiger partial charge in [0.2, 0.25) is 0 Å². The third-order valence-electron chi connectivity index (χ3n) is 5.85. The number of aromatic nitrogens is 1. The maximum absolute atomic E-state index is 13.1. The molecule has 6 aromatic rings. The first-order valence-electron chi connectivity index (χ1n) is 11.2. The van der Waals surface area contributed by atoms with Crippen LogP contribution < -0.4 is 10.9 Å². The van der Waals surface area contributed by atoms with Gasteiger partial charge < -0.3 is 9.73 Å². The van der Waals surface area contributed by atoms with Crippen LogP contribution in [-0.2, 0) is 0 Å². The van der Waals surface area contributed by atoms with Gasteiger partial charge in [-0.3, -0.25) is 4.79 Å². The van der Waals surface area contributed by atoms with Crippen LogP contribution in [0.4, 0.5) is 5.69 Å². The average molecular weight is 600 g/mol. The molecule has 0 radical (unpaired) electrons. The van der Waals surface area contributed by atoms with Crippen LogP contribution in [0.1, 0.15) is 10.4 Å². The van der Waals surface area contributed by atoms with Crippen molar-refractivity contribution in [3.8, 4) is 21.7 Å². The minimum atomic E-state index is -0.412. The summed E-state index contributed by atoms with van der Waals surface area (Å²) in [7, 11) is 0. The molecule has 0 saturated carbocycles. The minimum absolute atomic E-state index is 0.240. The number of amides is 1. The summed E-state index contributed by atoms with van der Waals surface area (Å²) in [4.78, 5) is 30.4. The van der Waals surface area contributed by atoms with E-state index in [1.807, 2.05) is 66.7 Å². The maximum atomic E-state index is 13.1. The van der Waals surface area contributed by atoms with E-state index in [9.17, 15) is 9.59 Å². The molecule has 0 fully saturated rings. The van der Waals surface area contributed by atoms with Crippen LogP contribution in [0, 0.1) is 3.57 Å². The molecule has 1 amide bonds. The zero-order valence-corrected chi connectivity index (χ0v) is 21.7. The second-order valence-electron chi connectivity index (χ2n) is 8.19. The normalized spacial score (nSPS) is 11.1. The second-order valence-corrected chi connectivity index (χ2v) is 10.5. The van der Waals surface area contributed by atoms with Crippen molar-refractivity contribution >= 4 is 66.7 Å². The first-order chi connectivity index (χ1) is 17.5. The molecule has 2 heterocycles. The number of benzene rings is 4. The number of rotatable bonds is 4. The Morgan fingerprint density at radius 3 is 2.47 bits per heavy atom. The summed E-state index contributed by atoms with van der Waals surface area (Å²) < 4.78 is 7.60. The van der Waals surface area contributed by atoms with Gasteiger partial charge in [0.25, 0.3) is 5.91 Å². The third kappa shape index (κ3) is 4.31. The van der Waals surface area contributed by atoms with E-state index in [0.29, 0.717) is 28.0 Å². The van der Waals surface area contributed by atoms with Crippen molar-refractivity contribution < 1.29 is 9.21 Å². The fraction of sp³-hybridized carbons (Fsp3) is 0. The van der Waals surface area contributed by atoms with Crippen molar-refractivity contribution in [3.05, 3.63) is 117 Å². The number of hydrogen-bond acceptors (Lipinski definition) is 5. The molecule has 0 unspecified atom stereocenters. The van der Waals surface area contributed by atoms with Gasteiger partial charge in [-0.1, -0.05) is 42.5 Å². The number of thiazole rings is 1. The van der Waals surface area contributed by atoms with Gasteiger partial charge in [-0.2, -0.15) is 0 Å². The smallest absolute Gasteiger partial charge is 0.344 e. The zero-order valence-electron chi connectivity index (χ0n) is 18.7. The number of carbonyl (C=O) groups is 1. The minimum Gasteiger partial charge on any atom is -0.422 e. The highest BCUT2D eigenvalue weighted by molar-refractivity contribution is 14.1. The molecule has 0 bridgehead atoms. The fourth-order valence-electron chi connectivity index (χ4n) is 4.05. The molecule has 6 rings (SSSR count). The predicted molar refractivity (Wildman–Crippen MR) is 154 cm³/mol. The van der Waals surface area contributed by atoms with Gasteiger partial charge in [0.15, 0.2) is 0 Å². The first kappa shape index (κ1) is 22.6. The summed E-state index contributed by atoms with van der Waals surface area (Å²) >= 11 is 3.85. The Bertz CT molecular complexity index is 1790. The Morgan fingerprint density at radius 2 is 1.64 bits per heavy atom.